The predicted molar refractivity (Wildman–Crippen MR) is 81.0 cm³/mol. The predicted octanol–water partition coefficient (Wildman–Crippen LogP) is 3.19. The Morgan fingerprint density at radius 2 is 1.85 bits per heavy atom. The Hall–Kier alpha value is -2.34. The van der Waals surface area contributed by atoms with Gasteiger partial charge in [-0.25, -0.2) is 4.98 Å². The van der Waals surface area contributed by atoms with Crippen LogP contribution in [0.4, 0.5) is 5.69 Å². The van der Waals surface area contributed by atoms with E-state index in [0.29, 0.717) is 22.9 Å². The SMILES string of the molecule is Nc1ccc(O)c(-c2nc(-c3ccc(Br)cc3)n[nH]2)c1. The molecule has 0 aliphatic rings. The number of nitrogen functional groups attached to an aromatic ring is 1. The zero-order valence-corrected chi connectivity index (χ0v) is 11.9. The number of hydrogen-bond donors (Lipinski definition) is 3. The number of benzene rings is 2. The number of phenolic OH excluding ortho intramolecular Hbond substituents is 1. The topological polar surface area (TPSA) is 87.8 Å². The summed E-state index contributed by atoms with van der Waals surface area (Å²) in [5.74, 6) is 1.15. The van der Waals surface area contributed by atoms with E-state index in [4.69, 9.17) is 5.73 Å². The van der Waals surface area contributed by atoms with E-state index in [1.54, 1.807) is 12.1 Å². The molecule has 0 saturated carbocycles. The highest BCUT2D eigenvalue weighted by Gasteiger charge is 2.11. The number of nitrogens with zero attached hydrogens (tertiary/aromatic N) is 2. The molecule has 0 amide bonds. The van der Waals surface area contributed by atoms with Crippen LogP contribution < -0.4 is 5.73 Å². The number of aromatic hydroxyl groups is 1. The van der Waals surface area contributed by atoms with Gasteiger partial charge in [-0.3, -0.25) is 5.10 Å². The zero-order valence-electron chi connectivity index (χ0n) is 10.3. The minimum atomic E-state index is 0.109. The van der Waals surface area contributed by atoms with Gasteiger partial charge >= 0.3 is 0 Å². The fraction of sp³-hybridized carbons (Fsp3) is 0. The van der Waals surface area contributed by atoms with Crippen LogP contribution in [0.5, 0.6) is 5.75 Å². The number of hydrogen-bond acceptors (Lipinski definition) is 4. The quantitative estimate of drug-likeness (QED) is 0.497. The van der Waals surface area contributed by atoms with Crippen LogP contribution in [0.15, 0.2) is 46.9 Å². The zero-order chi connectivity index (χ0) is 14.1. The number of halogens is 1. The highest BCUT2D eigenvalue weighted by atomic mass is 79.9. The van der Waals surface area contributed by atoms with Crippen molar-refractivity contribution in [2.75, 3.05) is 5.73 Å². The molecule has 0 fully saturated rings. The lowest BCUT2D eigenvalue weighted by Crippen LogP contribution is -1.87. The second kappa shape index (κ2) is 4.97. The molecule has 3 aromatic rings. The first kappa shape index (κ1) is 12.7. The molecule has 1 aromatic heterocycles. The van der Waals surface area contributed by atoms with Crippen molar-refractivity contribution < 1.29 is 5.11 Å². The lowest BCUT2D eigenvalue weighted by Gasteiger charge is -2.01. The van der Waals surface area contributed by atoms with Crippen LogP contribution in [0.25, 0.3) is 22.8 Å². The average molecular weight is 331 g/mol. The number of aromatic amines is 1. The molecule has 5 nitrogen and oxygen atoms in total. The van der Waals surface area contributed by atoms with Crippen LogP contribution >= 0.6 is 15.9 Å². The summed E-state index contributed by atoms with van der Waals surface area (Å²) < 4.78 is 0.991. The molecule has 0 bridgehead atoms. The third-order valence-electron chi connectivity index (χ3n) is 2.86. The number of H-pyrrole nitrogens is 1. The van der Waals surface area contributed by atoms with E-state index in [1.165, 1.54) is 6.07 Å². The molecule has 6 heteroatoms. The van der Waals surface area contributed by atoms with E-state index in [-0.39, 0.29) is 5.75 Å². The Morgan fingerprint density at radius 3 is 2.60 bits per heavy atom. The van der Waals surface area contributed by atoms with E-state index in [2.05, 4.69) is 31.1 Å². The van der Waals surface area contributed by atoms with Gasteiger partial charge in [0.25, 0.3) is 0 Å². The number of nitrogens with two attached hydrogens (primary N) is 1. The van der Waals surface area contributed by atoms with Crippen LogP contribution in [-0.4, -0.2) is 20.3 Å². The number of aromatic nitrogens is 3. The van der Waals surface area contributed by atoms with Gasteiger partial charge in [0.15, 0.2) is 11.6 Å². The summed E-state index contributed by atoms with van der Waals surface area (Å²) in [7, 11) is 0. The highest BCUT2D eigenvalue weighted by molar-refractivity contribution is 9.10. The number of anilines is 1. The van der Waals surface area contributed by atoms with Crippen LogP contribution in [0, 0.1) is 0 Å². The summed E-state index contributed by atoms with van der Waals surface area (Å²) in [4.78, 5) is 4.38. The van der Waals surface area contributed by atoms with Crippen molar-refractivity contribution in [1.82, 2.24) is 15.2 Å². The van der Waals surface area contributed by atoms with Gasteiger partial charge in [0.2, 0.25) is 0 Å². The lowest BCUT2D eigenvalue weighted by molar-refractivity contribution is 0.477. The third-order valence-corrected chi connectivity index (χ3v) is 3.39. The molecule has 0 atom stereocenters. The molecule has 0 saturated heterocycles. The molecule has 0 aliphatic carbocycles. The molecule has 20 heavy (non-hydrogen) atoms. The van der Waals surface area contributed by atoms with E-state index >= 15 is 0 Å². The first-order valence-electron chi connectivity index (χ1n) is 5.91. The molecule has 100 valence electrons. The molecule has 4 N–H and O–H groups in total. The third kappa shape index (κ3) is 2.37. The van der Waals surface area contributed by atoms with Crippen LogP contribution in [0.3, 0.4) is 0 Å². The van der Waals surface area contributed by atoms with E-state index in [1.807, 2.05) is 24.3 Å². The maximum absolute atomic E-state index is 9.86. The first-order valence-corrected chi connectivity index (χ1v) is 6.70. The first-order chi connectivity index (χ1) is 9.63. The van der Waals surface area contributed by atoms with Gasteiger partial charge in [0.05, 0.1) is 5.56 Å². The van der Waals surface area contributed by atoms with Crippen molar-refractivity contribution in [3.05, 3.63) is 46.9 Å². The number of rotatable bonds is 2. The number of nitrogens with one attached hydrogen (secondary N) is 1. The van der Waals surface area contributed by atoms with Gasteiger partial charge < -0.3 is 10.8 Å². The highest BCUT2D eigenvalue weighted by Crippen LogP contribution is 2.29. The minimum absolute atomic E-state index is 0.109. The molecule has 0 radical (unpaired) electrons. The lowest BCUT2D eigenvalue weighted by atomic mass is 10.1. The average Bonchev–Trinajstić information content (AvgIpc) is 2.92. The summed E-state index contributed by atoms with van der Waals surface area (Å²) >= 11 is 3.38. The van der Waals surface area contributed by atoms with E-state index < -0.39 is 0 Å². The number of phenols is 1. The molecule has 2 aromatic carbocycles. The van der Waals surface area contributed by atoms with Crippen LogP contribution in [0.2, 0.25) is 0 Å². The second-order valence-corrected chi connectivity index (χ2v) is 5.21. The Kier molecular flexibility index (Phi) is 3.15. The molecular weight excluding hydrogens is 320 g/mol. The summed E-state index contributed by atoms with van der Waals surface area (Å²) in [6.07, 6.45) is 0. The van der Waals surface area contributed by atoms with Crippen molar-refractivity contribution in [3.8, 4) is 28.5 Å². The molecule has 0 unspecified atom stereocenters. The van der Waals surface area contributed by atoms with Gasteiger partial charge in [-0.05, 0) is 30.3 Å². The van der Waals surface area contributed by atoms with Gasteiger partial charge in [0, 0.05) is 15.7 Å². The van der Waals surface area contributed by atoms with Crippen molar-refractivity contribution in [2.45, 2.75) is 0 Å². The van der Waals surface area contributed by atoms with Crippen LogP contribution in [-0.2, 0) is 0 Å². The van der Waals surface area contributed by atoms with Crippen molar-refractivity contribution >= 4 is 21.6 Å². The molecule has 1 heterocycles. The monoisotopic (exact) mass is 330 g/mol. The van der Waals surface area contributed by atoms with Gasteiger partial charge in [-0.15, -0.1) is 0 Å². The Morgan fingerprint density at radius 1 is 1.10 bits per heavy atom. The Bertz CT molecular complexity index is 752. The molecule has 3 rings (SSSR count). The minimum Gasteiger partial charge on any atom is -0.507 e. The summed E-state index contributed by atoms with van der Waals surface area (Å²) in [6.45, 7) is 0. The van der Waals surface area contributed by atoms with Crippen LogP contribution in [0.1, 0.15) is 0 Å². The Labute approximate surface area is 123 Å². The molecular formula is C14H11BrN4O. The van der Waals surface area contributed by atoms with Crippen molar-refractivity contribution in [2.24, 2.45) is 0 Å². The standard InChI is InChI=1S/C14H11BrN4O/c15-9-3-1-8(2-4-9)13-17-14(19-18-13)11-7-10(16)5-6-12(11)20/h1-7,20H,16H2,(H,17,18,19). The maximum atomic E-state index is 9.86. The maximum Gasteiger partial charge on any atom is 0.181 e. The van der Waals surface area contributed by atoms with Crippen molar-refractivity contribution in [3.63, 3.8) is 0 Å². The molecule has 0 spiro atoms. The van der Waals surface area contributed by atoms with Gasteiger partial charge in [-0.2, -0.15) is 5.10 Å². The molecule has 0 aliphatic heterocycles. The van der Waals surface area contributed by atoms with Gasteiger partial charge in [-0.1, -0.05) is 28.1 Å². The fourth-order valence-electron chi connectivity index (χ4n) is 1.85. The Balaban J connectivity index is 2.01. The second-order valence-electron chi connectivity index (χ2n) is 4.29. The van der Waals surface area contributed by atoms with E-state index in [9.17, 15) is 5.11 Å². The fourth-order valence-corrected chi connectivity index (χ4v) is 2.12. The normalized spacial score (nSPS) is 10.7. The summed E-state index contributed by atoms with van der Waals surface area (Å²) in [6, 6.07) is 12.5. The van der Waals surface area contributed by atoms with E-state index in [0.717, 1.165) is 10.0 Å². The summed E-state index contributed by atoms with van der Waals surface area (Å²) in [5, 5.41) is 16.8. The van der Waals surface area contributed by atoms with Crippen molar-refractivity contribution in [1.29, 1.82) is 0 Å². The largest absolute Gasteiger partial charge is 0.507 e. The summed E-state index contributed by atoms with van der Waals surface area (Å²) in [5.41, 5.74) is 7.69. The van der Waals surface area contributed by atoms with Gasteiger partial charge in [0.1, 0.15) is 5.75 Å². The smallest absolute Gasteiger partial charge is 0.181 e.